The molecule has 1 aliphatic heterocycles. The molecule has 0 bridgehead atoms. The van der Waals surface area contributed by atoms with Gasteiger partial charge in [0.25, 0.3) is 0 Å². The topological polar surface area (TPSA) is 61.9 Å². The van der Waals surface area contributed by atoms with Crippen LogP contribution in [0.5, 0.6) is 0 Å². The van der Waals surface area contributed by atoms with Crippen LogP contribution in [0.4, 0.5) is 10.7 Å². The van der Waals surface area contributed by atoms with E-state index in [1.807, 2.05) is 18.2 Å². The van der Waals surface area contributed by atoms with Crippen molar-refractivity contribution in [2.45, 2.75) is 19.3 Å². The summed E-state index contributed by atoms with van der Waals surface area (Å²) >= 11 is 7.60. The number of nitrogens with zero attached hydrogens (tertiary/aromatic N) is 2. The van der Waals surface area contributed by atoms with Gasteiger partial charge in [0.1, 0.15) is 5.00 Å². The van der Waals surface area contributed by atoms with Gasteiger partial charge >= 0.3 is 5.97 Å². The maximum atomic E-state index is 12.6. The van der Waals surface area contributed by atoms with Crippen molar-refractivity contribution in [3.05, 3.63) is 45.3 Å². The molecule has 0 unspecified atom stereocenters. The maximum Gasteiger partial charge on any atom is 0.341 e. The van der Waals surface area contributed by atoms with Crippen molar-refractivity contribution in [2.24, 2.45) is 0 Å². The minimum absolute atomic E-state index is 0.0914. The fraction of sp³-hybridized carbons (Fsp3) is 0.429. The molecular formula is C21H24ClN3O3S. The van der Waals surface area contributed by atoms with Crippen LogP contribution in [0.1, 0.15) is 27.2 Å². The Balaban J connectivity index is 1.35. The highest BCUT2D eigenvalue weighted by molar-refractivity contribution is 7.17. The number of hydrogen-bond donors (Lipinski definition) is 1. The van der Waals surface area contributed by atoms with E-state index in [2.05, 4.69) is 21.2 Å². The van der Waals surface area contributed by atoms with Crippen molar-refractivity contribution in [3.8, 4) is 0 Å². The number of nitrogens with one attached hydrogen (secondary N) is 1. The number of ether oxygens (including phenoxy) is 1. The molecule has 1 aliphatic carbocycles. The second-order valence-corrected chi connectivity index (χ2v) is 8.89. The smallest absolute Gasteiger partial charge is 0.341 e. The average Bonchev–Trinajstić information content (AvgIpc) is 3.28. The van der Waals surface area contributed by atoms with E-state index in [9.17, 15) is 9.59 Å². The second kappa shape index (κ2) is 8.73. The van der Waals surface area contributed by atoms with E-state index in [1.165, 1.54) is 23.3 Å². The summed E-state index contributed by atoms with van der Waals surface area (Å²) in [4.78, 5) is 30.5. The van der Waals surface area contributed by atoms with Crippen LogP contribution in [0, 0.1) is 0 Å². The van der Waals surface area contributed by atoms with Crippen LogP contribution in [-0.2, 0) is 22.4 Å². The highest BCUT2D eigenvalue weighted by Crippen LogP contribution is 2.39. The van der Waals surface area contributed by atoms with E-state index in [-0.39, 0.29) is 11.9 Å². The van der Waals surface area contributed by atoms with Crippen LogP contribution in [0.3, 0.4) is 0 Å². The third kappa shape index (κ3) is 4.42. The Morgan fingerprint density at radius 3 is 2.72 bits per heavy atom. The SMILES string of the molecule is COC(=O)c1c(NC(=O)CN2CCN(c3cccc(Cl)c3)CC2)sc2c1CCC2. The third-order valence-corrected chi connectivity index (χ3v) is 6.92. The Morgan fingerprint density at radius 2 is 2.00 bits per heavy atom. The summed E-state index contributed by atoms with van der Waals surface area (Å²) < 4.78 is 4.95. The normalized spacial score (nSPS) is 16.6. The first-order valence-electron chi connectivity index (χ1n) is 9.80. The first-order valence-corrected chi connectivity index (χ1v) is 11.0. The molecule has 0 atom stereocenters. The molecule has 0 radical (unpaired) electrons. The fourth-order valence-electron chi connectivity index (χ4n) is 4.02. The number of esters is 1. The number of fused-ring (bicyclic) bond motifs is 1. The predicted molar refractivity (Wildman–Crippen MR) is 116 cm³/mol. The summed E-state index contributed by atoms with van der Waals surface area (Å²) in [5, 5.41) is 4.32. The molecule has 1 aromatic heterocycles. The summed E-state index contributed by atoms with van der Waals surface area (Å²) in [7, 11) is 1.38. The number of aryl methyl sites for hydroxylation is 1. The summed E-state index contributed by atoms with van der Waals surface area (Å²) in [5.74, 6) is -0.457. The molecule has 2 aromatic rings. The fourth-order valence-corrected chi connectivity index (χ4v) is 5.49. The van der Waals surface area contributed by atoms with Gasteiger partial charge in [-0.3, -0.25) is 9.69 Å². The van der Waals surface area contributed by atoms with Crippen LogP contribution in [0.25, 0.3) is 0 Å². The lowest BCUT2D eigenvalue weighted by Gasteiger charge is -2.35. The van der Waals surface area contributed by atoms with Gasteiger partial charge in [-0.1, -0.05) is 17.7 Å². The number of methoxy groups -OCH3 is 1. The molecule has 8 heteroatoms. The van der Waals surface area contributed by atoms with Crippen molar-refractivity contribution in [1.82, 2.24) is 4.90 Å². The zero-order valence-corrected chi connectivity index (χ0v) is 17.9. The molecule has 1 saturated heterocycles. The van der Waals surface area contributed by atoms with Crippen molar-refractivity contribution in [2.75, 3.05) is 50.1 Å². The van der Waals surface area contributed by atoms with E-state index in [0.29, 0.717) is 17.1 Å². The largest absolute Gasteiger partial charge is 0.465 e. The monoisotopic (exact) mass is 433 g/mol. The van der Waals surface area contributed by atoms with Gasteiger partial charge in [0.2, 0.25) is 5.91 Å². The Hall–Kier alpha value is -2.09. The van der Waals surface area contributed by atoms with Crippen molar-refractivity contribution in [1.29, 1.82) is 0 Å². The van der Waals surface area contributed by atoms with Gasteiger partial charge in [-0.05, 0) is 43.0 Å². The van der Waals surface area contributed by atoms with Crippen LogP contribution in [-0.4, -0.2) is 56.6 Å². The second-order valence-electron chi connectivity index (χ2n) is 7.34. The van der Waals surface area contributed by atoms with Gasteiger partial charge in [-0.15, -0.1) is 11.3 Å². The molecule has 2 aliphatic rings. The molecule has 0 spiro atoms. The third-order valence-electron chi connectivity index (χ3n) is 5.48. The quantitative estimate of drug-likeness (QED) is 0.732. The van der Waals surface area contributed by atoms with Crippen molar-refractivity contribution < 1.29 is 14.3 Å². The summed E-state index contributed by atoms with van der Waals surface area (Å²) in [6, 6.07) is 7.84. The minimum atomic E-state index is -0.366. The molecule has 1 amide bonds. The Bertz CT molecular complexity index is 922. The molecular weight excluding hydrogens is 410 g/mol. The highest BCUT2D eigenvalue weighted by atomic mass is 35.5. The number of halogens is 1. The van der Waals surface area contributed by atoms with E-state index in [0.717, 1.165) is 61.7 Å². The number of thiophene rings is 1. The van der Waals surface area contributed by atoms with E-state index < -0.39 is 0 Å². The Morgan fingerprint density at radius 1 is 1.21 bits per heavy atom. The highest BCUT2D eigenvalue weighted by Gasteiger charge is 2.28. The summed E-state index contributed by atoms with van der Waals surface area (Å²) in [6.07, 6.45) is 2.89. The number of carbonyl (C=O) groups excluding carboxylic acids is 2. The van der Waals surface area contributed by atoms with Gasteiger partial charge in [0.15, 0.2) is 0 Å². The first kappa shape index (κ1) is 20.2. The van der Waals surface area contributed by atoms with Crippen LogP contribution in [0.2, 0.25) is 5.02 Å². The number of piperazine rings is 1. The number of hydrogen-bond acceptors (Lipinski definition) is 6. The number of carbonyl (C=O) groups is 2. The Kier molecular flexibility index (Phi) is 6.08. The van der Waals surface area contributed by atoms with Gasteiger partial charge < -0.3 is 15.0 Å². The predicted octanol–water partition coefficient (Wildman–Crippen LogP) is 3.44. The molecule has 29 heavy (non-hydrogen) atoms. The van der Waals surface area contributed by atoms with Gasteiger partial charge in [0.05, 0.1) is 19.2 Å². The van der Waals surface area contributed by atoms with E-state index in [4.69, 9.17) is 16.3 Å². The van der Waals surface area contributed by atoms with Crippen molar-refractivity contribution >= 4 is 45.5 Å². The van der Waals surface area contributed by atoms with Crippen LogP contribution in [0.15, 0.2) is 24.3 Å². The molecule has 0 saturated carbocycles. The zero-order chi connectivity index (χ0) is 20.4. The maximum absolute atomic E-state index is 12.6. The standard InChI is InChI=1S/C21H24ClN3O3S/c1-28-21(27)19-16-6-3-7-17(16)29-20(19)23-18(26)13-24-8-10-25(11-9-24)15-5-2-4-14(22)12-15/h2,4-5,12H,3,6-11,13H2,1H3,(H,23,26). The zero-order valence-electron chi connectivity index (χ0n) is 16.4. The number of amides is 1. The van der Waals surface area contributed by atoms with Gasteiger partial charge in [-0.25, -0.2) is 4.79 Å². The van der Waals surface area contributed by atoms with E-state index >= 15 is 0 Å². The molecule has 154 valence electrons. The molecule has 2 heterocycles. The molecule has 1 N–H and O–H groups in total. The minimum Gasteiger partial charge on any atom is -0.465 e. The number of anilines is 2. The lowest BCUT2D eigenvalue weighted by atomic mass is 10.1. The number of rotatable bonds is 5. The Labute approximate surface area is 179 Å². The molecule has 1 fully saturated rings. The summed E-state index contributed by atoms with van der Waals surface area (Å²) in [5.41, 5.74) is 2.70. The summed E-state index contributed by atoms with van der Waals surface area (Å²) in [6.45, 7) is 3.59. The van der Waals surface area contributed by atoms with Crippen molar-refractivity contribution in [3.63, 3.8) is 0 Å². The average molecular weight is 434 g/mol. The van der Waals surface area contributed by atoms with Gasteiger partial charge in [0, 0.05) is 41.8 Å². The first-order chi connectivity index (χ1) is 14.0. The lowest BCUT2D eigenvalue weighted by Crippen LogP contribution is -2.48. The molecule has 4 rings (SSSR count). The van der Waals surface area contributed by atoms with Gasteiger partial charge in [-0.2, -0.15) is 0 Å². The van der Waals surface area contributed by atoms with Crippen LogP contribution >= 0.6 is 22.9 Å². The van der Waals surface area contributed by atoms with Crippen LogP contribution < -0.4 is 10.2 Å². The molecule has 6 nitrogen and oxygen atoms in total. The molecule has 1 aromatic carbocycles. The lowest BCUT2D eigenvalue weighted by molar-refractivity contribution is -0.117. The van der Waals surface area contributed by atoms with E-state index in [1.54, 1.807) is 0 Å². The number of benzene rings is 1.